The molecule has 2 rings (SSSR count). The quantitative estimate of drug-likeness (QED) is 0.780. The third kappa shape index (κ3) is 2.86. The van der Waals surface area contributed by atoms with Crippen LogP contribution in [0.5, 0.6) is 0 Å². The van der Waals surface area contributed by atoms with E-state index in [0.717, 1.165) is 10.4 Å². The summed E-state index contributed by atoms with van der Waals surface area (Å²) < 4.78 is 0. The van der Waals surface area contributed by atoms with Crippen molar-refractivity contribution in [3.05, 3.63) is 56.2 Å². The fourth-order valence-electron chi connectivity index (χ4n) is 1.81. The Morgan fingerprint density at radius 1 is 1.37 bits per heavy atom. The van der Waals surface area contributed by atoms with Gasteiger partial charge in [-0.1, -0.05) is 23.7 Å². The van der Waals surface area contributed by atoms with Gasteiger partial charge in [0, 0.05) is 9.90 Å². The number of carbonyl (C=O) groups excluding carboxylic acids is 1. The molecular weight excluding hydrogens is 278 g/mol. The highest BCUT2D eigenvalue weighted by molar-refractivity contribution is 7.14. The molecule has 1 aromatic carbocycles. The summed E-state index contributed by atoms with van der Waals surface area (Å²) in [5.74, 6) is -0.956. The standard InChI is InChI=1S/C15H12ClNOS/c1-9-6-14(19-10(9)2)15(18)13(8-17)11-4-3-5-12(16)7-11/h3-7,13H,1-2H3. The van der Waals surface area contributed by atoms with Gasteiger partial charge in [-0.05, 0) is 43.2 Å². The van der Waals surface area contributed by atoms with E-state index < -0.39 is 5.92 Å². The molecular formula is C15H12ClNOS. The molecule has 2 nitrogen and oxygen atoms in total. The minimum atomic E-state index is -0.795. The molecule has 1 heterocycles. The van der Waals surface area contributed by atoms with Gasteiger partial charge in [-0.3, -0.25) is 4.79 Å². The number of benzene rings is 1. The van der Waals surface area contributed by atoms with Gasteiger partial charge in [0.1, 0.15) is 5.92 Å². The zero-order chi connectivity index (χ0) is 14.0. The zero-order valence-electron chi connectivity index (χ0n) is 10.6. The second-order valence-corrected chi connectivity index (χ2v) is 6.02. The van der Waals surface area contributed by atoms with E-state index in [1.54, 1.807) is 24.3 Å². The lowest BCUT2D eigenvalue weighted by Gasteiger charge is -2.07. The van der Waals surface area contributed by atoms with Crippen molar-refractivity contribution in [2.45, 2.75) is 19.8 Å². The number of Topliss-reactive ketones (excluding diaryl/α,β-unsaturated/α-hetero) is 1. The maximum Gasteiger partial charge on any atom is 0.194 e. The van der Waals surface area contributed by atoms with E-state index in [9.17, 15) is 10.1 Å². The molecule has 4 heteroatoms. The Kier molecular flexibility index (Phi) is 4.04. The first-order valence-corrected chi connectivity index (χ1v) is 6.98. The molecule has 0 aliphatic heterocycles. The molecule has 19 heavy (non-hydrogen) atoms. The summed E-state index contributed by atoms with van der Waals surface area (Å²) in [7, 11) is 0. The van der Waals surface area contributed by atoms with Gasteiger partial charge in [-0.2, -0.15) is 5.26 Å². The lowest BCUT2D eigenvalue weighted by atomic mass is 9.95. The van der Waals surface area contributed by atoms with Crippen LogP contribution in [0.25, 0.3) is 0 Å². The maximum atomic E-state index is 12.4. The monoisotopic (exact) mass is 289 g/mol. The highest BCUT2D eigenvalue weighted by Crippen LogP contribution is 2.28. The average Bonchev–Trinajstić information content (AvgIpc) is 2.70. The molecule has 0 aliphatic carbocycles. The van der Waals surface area contributed by atoms with Crippen molar-refractivity contribution >= 4 is 28.7 Å². The van der Waals surface area contributed by atoms with E-state index >= 15 is 0 Å². The van der Waals surface area contributed by atoms with Crippen LogP contribution in [0.1, 0.15) is 31.6 Å². The first-order valence-electron chi connectivity index (χ1n) is 5.79. The number of nitriles is 1. The van der Waals surface area contributed by atoms with Gasteiger partial charge in [0.2, 0.25) is 0 Å². The van der Waals surface area contributed by atoms with Crippen molar-refractivity contribution < 1.29 is 4.79 Å². The maximum absolute atomic E-state index is 12.4. The van der Waals surface area contributed by atoms with Gasteiger partial charge < -0.3 is 0 Å². The van der Waals surface area contributed by atoms with Gasteiger partial charge >= 0.3 is 0 Å². The van der Waals surface area contributed by atoms with Crippen LogP contribution in [-0.2, 0) is 0 Å². The molecule has 0 spiro atoms. The molecule has 1 atom stereocenters. The second-order valence-electron chi connectivity index (χ2n) is 4.33. The van der Waals surface area contributed by atoms with Crippen LogP contribution in [0.2, 0.25) is 5.02 Å². The molecule has 2 aromatic rings. The topological polar surface area (TPSA) is 40.9 Å². The molecule has 1 aromatic heterocycles. The van der Waals surface area contributed by atoms with Crippen molar-refractivity contribution in [2.24, 2.45) is 0 Å². The van der Waals surface area contributed by atoms with Crippen LogP contribution < -0.4 is 0 Å². The molecule has 0 N–H and O–H groups in total. The number of hydrogen-bond acceptors (Lipinski definition) is 3. The fraction of sp³-hybridized carbons (Fsp3) is 0.200. The van der Waals surface area contributed by atoms with E-state index in [4.69, 9.17) is 11.6 Å². The molecule has 1 unspecified atom stereocenters. The molecule has 0 bridgehead atoms. The Bertz CT molecular complexity index is 650. The number of ketones is 1. The van der Waals surface area contributed by atoms with Crippen LogP contribution in [0, 0.1) is 25.2 Å². The third-order valence-corrected chi connectivity index (χ3v) is 4.38. The van der Waals surface area contributed by atoms with Crippen LogP contribution >= 0.6 is 22.9 Å². The summed E-state index contributed by atoms with van der Waals surface area (Å²) in [5.41, 5.74) is 1.72. The van der Waals surface area contributed by atoms with Crippen molar-refractivity contribution in [1.29, 1.82) is 5.26 Å². The predicted octanol–water partition coefficient (Wildman–Crippen LogP) is 4.51. The molecule has 0 fully saturated rings. The summed E-state index contributed by atoms with van der Waals surface area (Å²) in [6.07, 6.45) is 0. The Morgan fingerprint density at radius 2 is 2.11 bits per heavy atom. The smallest absolute Gasteiger partial charge is 0.194 e. The average molecular weight is 290 g/mol. The van der Waals surface area contributed by atoms with Crippen molar-refractivity contribution in [1.82, 2.24) is 0 Å². The van der Waals surface area contributed by atoms with E-state index in [-0.39, 0.29) is 5.78 Å². The van der Waals surface area contributed by atoms with Gasteiger partial charge in [0.25, 0.3) is 0 Å². The summed E-state index contributed by atoms with van der Waals surface area (Å²) in [6.45, 7) is 3.93. The minimum Gasteiger partial charge on any atom is -0.291 e. The SMILES string of the molecule is Cc1cc(C(=O)C(C#N)c2cccc(Cl)c2)sc1C. The first-order chi connectivity index (χ1) is 9.02. The highest BCUT2D eigenvalue weighted by Gasteiger charge is 2.23. The summed E-state index contributed by atoms with van der Waals surface area (Å²) in [5, 5.41) is 9.80. The number of halogens is 1. The van der Waals surface area contributed by atoms with Crippen molar-refractivity contribution in [2.75, 3.05) is 0 Å². The van der Waals surface area contributed by atoms with Gasteiger partial charge in [-0.25, -0.2) is 0 Å². The summed E-state index contributed by atoms with van der Waals surface area (Å²) in [6, 6.07) is 10.8. The van der Waals surface area contributed by atoms with Crippen LogP contribution in [0.3, 0.4) is 0 Å². The number of carbonyl (C=O) groups is 1. The number of aryl methyl sites for hydroxylation is 2. The molecule has 0 aliphatic rings. The van der Waals surface area contributed by atoms with Crippen molar-refractivity contribution in [3.8, 4) is 6.07 Å². The zero-order valence-corrected chi connectivity index (χ0v) is 12.2. The fourth-order valence-corrected chi connectivity index (χ4v) is 3.01. The van der Waals surface area contributed by atoms with E-state index in [2.05, 4.69) is 6.07 Å². The Labute approximate surface area is 121 Å². The van der Waals surface area contributed by atoms with E-state index in [1.807, 2.05) is 19.9 Å². The Hall–Kier alpha value is -1.63. The Balaban J connectivity index is 2.38. The molecule has 0 amide bonds. The lowest BCUT2D eigenvalue weighted by molar-refractivity contribution is 0.0983. The summed E-state index contributed by atoms with van der Waals surface area (Å²) >= 11 is 7.34. The minimum absolute atomic E-state index is 0.161. The lowest BCUT2D eigenvalue weighted by Crippen LogP contribution is -2.09. The molecule has 0 saturated heterocycles. The Morgan fingerprint density at radius 3 is 2.63 bits per heavy atom. The van der Waals surface area contributed by atoms with Crippen LogP contribution in [0.4, 0.5) is 0 Å². The second kappa shape index (κ2) is 5.56. The molecule has 0 saturated carbocycles. The third-order valence-electron chi connectivity index (χ3n) is 2.98. The van der Waals surface area contributed by atoms with Gasteiger partial charge in [-0.15, -0.1) is 11.3 Å². The largest absolute Gasteiger partial charge is 0.291 e. The van der Waals surface area contributed by atoms with Gasteiger partial charge in [0.15, 0.2) is 5.78 Å². The van der Waals surface area contributed by atoms with Crippen LogP contribution in [-0.4, -0.2) is 5.78 Å². The molecule has 96 valence electrons. The van der Waals surface area contributed by atoms with Crippen molar-refractivity contribution in [3.63, 3.8) is 0 Å². The first kappa shape index (κ1) is 13.8. The predicted molar refractivity (Wildman–Crippen MR) is 77.9 cm³/mol. The summed E-state index contributed by atoms with van der Waals surface area (Å²) in [4.78, 5) is 14.1. The molecule has 0 radical (unpaired) electrons. The van der Waals surface area contributed by atoms with Crippen LogP contribution in [0.15, 0.2) is 30.3 Å². The number of hydrogen-bond donors (Lipinski definition) is 0. The van der Waals surface area contributed by atoms with E-state index in [1.165, 1.54) is 11.3 Å². The van der Waals surface area contributed by atoms with Gasteiger partial charge in [0.05, 0.1) is 10.9 Å². The normalized spacial score (nSPS) is 11.9. The number of thiophene rings is 1. The number of rotatable bonds is 3. The highest BCUT2D eigenvalue weighted by atomic mass is 35.5. The van der Waals surface area contributed by atoms with E-state index in [0.29, 0.717) is 15.5 Å². The number of nitrogens with zero attached hydrogens (tertiary/aromatic N) is 1.